The Morgan fingerprint density at radius 1 is 1.03 bits per heavy atom. The van der Waals surface area contributed by atoms with Crippen LogP contribution in [0.4, 0.5) is 5.69 Å². The Hall–Kier alpha value is -3.80. The molecule has 1 saturated heterocycles. The van der Waals surface area contributed by atoms with Gasteiger partial charge in [0.1, 0.15) is 11.5 Å². The number of aryl methyl sites for hydroxylation is 1. The number of carbonyl (C=O) groups excluding carboxylic acids is 1. The summed E-state index contributed by atoms with van der Waals surface area (Å²) in [6.07, 6.45) is 2.71. The number of carbonyl (C=O) groups is 1. The van der Waals surface area contributed by atoms with E-state index in [1.54, 1.807) is 4.68 Å². The lowest BCUT2D eigenvalue weighted by atomic mass is 10.2. The predicted octanol–water partition coefficient (Wildman–Crippen LogP) is 4.77. The molecule has 1 unspecified atom stereocenters. The largest absolute Gasteiger partial charge is 0.460 e. The number of furan rings is 1. The molecule has 6 nitrogen and oxygen atoms in total. The molecule has 0 spiro atoms. The van der Waals surface area contributed by atoms with Crippen molar-refractivity contribution >= 4 is 11.6 Å². The van der Waals surface area contributed by atoms with E-state index >= 15 is 0 Å². The zero-order valence-electron chi connectivity index (χ0n) is 17.4. The summed E-state index contributed by atoms with van der Waals surface area (Å²) in [5.74, 6) is 1.37. The first-order valence-corrected chi connectivity index (χ1v) is 10.5. The summed E-state index contributed by atoms with van der Waals surface area (Å²) in [6.45, 7) is 3.25. The first-order valence-electron chi connectivity index (χ1n) is 10.5. The van der Waals surface area contributed by atoms with E-state index in [0.29, 0.717) is 30.1 Å². The molecular weight excluding hydrogens is 388 g/mol. The van der Waals surface area contributed by atoms with Crippen molar-refractivity contribution < 1.29 is 9.21 Å². The van der Waals surface area contributed by atoms with Crippen molar-refractivity contribution in [2.45, 2.75) is 19.4 Å². The summed E-state index contributed by atoms with van der Waals surface area (Å²) in [5, 5.41) is 8.23. The molecule has 1 amide bonds. The predicted molar refractivity (Wildman–Crippen MR) is 120 cm³/mol. The second kappa shape index (κ2) is 8.14. The minimum absolute atomic E-state index is 0.0244. The Labute approximate surface area is 181 Å². The number of para-hydroxylation sites is 2. The van der Waals surface area contributed by atoms with E-state index in [-0.39, 0.29) is 11.9 Å². The van der Waals surface area contributed by atoms with Gasteiger partial charge in [-0.05, 0) is 49.7 Å². The lowest BCUT2D eigenvalue weighted by Gasteiger charge is -2.17. The van der Waals surface area contributed by atoms with Crippen LogP contribution in [0, 0.1) is 6.92 Å². The summed E-state index contributed by atoms with van der Waals surface area (Å²) >= 11 is 0. The maximum Gasteiger partial charge on any atom is 0.257 e. The lowest BCUT2D eigenvalue weighted by Crippen LogP contribution is -2.31. The van der Waals surface area contributed by atoms with Crippen LogP contribution in [0.3, 0.4) is 0 Å². The van der Waals surface area contributed by atoms with E-state index in [2.05, 4.69) is 5.32 Å². The standard InChI is InChI=1S/C25H24N4O2/c1-18-12-13-23(31-18)24-22(17-29(27-24)21-10-6-3-7-11-21)25(30)28-15-14-20(16-28)26-19-8-4-2-5-9-19/h2-13,17,20,26H,14-16H2,1H3. The molecule has 0 radical (unpaired) electrons. The Kier molecular flexibility index (Phi) is 5.04. The first kappa shape index (κ1) is 19.2. The molecule has 0 aliphatic carbocycles. The molecule has 1 atom stereocenters. The molecule has 1 aliphatic heterocycles. The summed E-state index contributed by atoms with van der Waals surface area (Å²) in [6, 6.07) is 23.9. The number of rotatable bonds is 5. The lowest BCUT2D eigenvalue weighted by molar-refractivity contribution is 0.0792. The SMILES string of the molecule is Cc1ccc(-c2nn(-c3ccccc3)cc2C(=O)N2CCC(Nc3ccccc3)C2)o1. The number of anilines is 1. The number of benzene rings is 2. The summed E-state index contributed by atoms with van der Waals surface area (Å²) in [5.41, 5.74) is 3.10. The molecule has 4 aromatic rings. The number of aromatic nitrogens is 2. The van der Waals surface area contributed by atoms with Crippen molar-refractivity contribution in [2.24, 2.45) is 0 Å². The van der Waals surface area contributed by atoms with Crippen LogP contribution in [-0.2, 0) is 0 Å². The van der Waals surface area contributed by atoms with E-state index in [4.69, 9.17) is 9.52 Å². The van der Waals surface area contributed by atoms with Gasteiger partial charge in [0.25, 0.3) is 5.91 Å². The molecule has 1 N–H and O–H groups in total. The van der Waals surface area contributed by atoms with Gasteiger partial charge in [-0.3, -0.25) is 4.79 Å². The van der Waals surface area contributed by atoms with Crippen LogP contribution >= 0.6 is 0 Å². The van der Waals surface area contributed by atoms with Gasteiger partial charge < -0.3 is 14.6 Å². The molecule has 2 aromatic heterocycles. The van der Waals surface area contributed by atoms with Crippen molar-refractivity contribution in [3.05, 3.63) is 90.3 Å². The van der Waals surface area contributed by atoms with E-state index in [1.165, 1.54) is 0 Å². The van der Waals surface area contributed by atoms with Crippen molar-refractivity contribution in [3.63, 3.8) is 0 Å². The van der Waals surface area contributed by atoms with Gasteiger partial charge in [0, 0.05) is 31.0 Å². The molecule has 0 bridgehead atoms. The molecular formula is C25H24N4O2. The normalized spacial score (nSPS) is 15.9. The van der Waals surface area contributed by atoms with Gasteiger partial charge in [0.2, 0.25) is 0 Å². The van der Waals surface area contributed by atoms with Gasteiger partial charge in [-0.15, -0.1) is 0 Å². The number of amides is 1. The zero-order chi connectivity index (χ0) is 21.2. The molecule has 1 fully saturated rings. The molecule has 3 heterocycles. The highest BCUT2D eigenvalue weighted by Gasteiger charge is 2.30. The highest BCUT2D eigenvalue weighted by Crippen LogP contribution is 2.28. The maximum atomic E-state index is 13.5. The Morgan fingerprint density at radius 3 is 2.48 bits per heavy atom. The smallest absolute Gasteiger partial charge is 0.257 e. The van der Waals surface area contributed by atoms with Crippen LogP contribution in [0.1, 0.15) is 22.5 Å². The second-order valence-corrected chi connectivity index (χ2v) is 7.83. The highest BCUT2D eigenvalue weighted by molar-refractivity contribution is 5.99. The summed E-state index contributed by atoms with van der Waals surface area (Å²) < 4.78 is 7.56. The number of hydrogen-bond acceptors (Lipinski definition) is 4. The van der Waals surface area contributed by atoms with Crippen molar-refractivity contribution in [1.82, 2.24) is 14.7 Å². The van der Waals surface area contributed by atoms with Gasteiger partial charge in [-0.1, -0.05) is 36.4 Å². The van der Waals surface area contributed by atoms with E-state index in [0.717, 1.165) is 23.6 Å². The van der Waals surface area contributed by atoms with E-state index in [1.807, 2.05) is 90.8 Å². The minimum atomic E-state index is -0.0244. The fourth-order valence-corrected chi connectivity index (χ4v) is 3.99. The third-order valence-corrected chi connectivity index (χ3v) is 5.56. The van der Waals surface area contributed by atoms with Gasteiger partial charge in [-0.2, -0.15) is 5.10 Å². The zero-order valence-corrected chi connectivity index (χ0v) is 17.4. The first-order chi connectivity index (χ1) is 15.2. The average molecular weight is 412 g/mol. The Morgan fingerprint density at radius 2 is 1.77 bits per heavy atom. The highest BCUT2D eigenvalue weighted by atomic mass is 16.3. The second-order valence-electron chi connectivity index (χ2n) is 7.83. The van der Waals surface area contributed by atoms with Gasteiger partial charge in [-0.25, -0.2) is 4.68 Å². The van der Waals surface area contributed by atoms with Crippen LogP contribution < -0.4 is 5.32 Å². The summed E-state index contributed by atoms with van der Waals surface area (Å²) in [7, 11) is 0. The van der Waals surface area contributed by atoms with Gasteiger partial charge in [0.05, 0.1) is 11.3 Å². The Balaban J connectivity index is 1.42. The molecule has 156 valence electrons. The molecule has 31 heavy (non-hydrogen) atoms. The number of nitrogens with zero attached hydrogens (tertiary/aromatic N) is 3. The van der Waals surface area contributed by atoms with Crippen molar-refractivity contribution in [2.75, 3.05) is 18.4 Å². The molecule has 5 rings (SSSR count). The van der Waals surface area contributed by atoms with Crippen LogP contribution in [0.15, 0.2) is 83.4 Å². The fraction of sp³-hybridized carbons (Fsp3) is 0.200. The molecule has 1 aliphatic rings. The minimum Gasteiger partial charge on any atom is -0.460 e. The van der Waals surface area contributed by atoms with Crippen LogP contribution in [-0.4, -0.2) is 39.7 Å². The molecule has 2 aromatic carbocycles. The quantitative estimate of drug-likeness (QED) is 0.513. The van der Waals surface area contributed by atoms with Gasteiger partial charge in [0.15, 0.2) is 5.76 Å². The van der Waals surface area contributed by atoms with E-state index in [9.17, 15) is 4.79 Å². The number of likely N-dealkylation sites (tertiary alicyclic amines) is 1. The van der Waals surface area contributed by atoms with E-state index < -0.39 is 0 Å². The van der Waals surface area contributed by atoms with Gasteiger partial charge >= 0.3 is 0 Å². The van der Waals surface area contributed by atoms with Crippen LogP contribution in [0.25, 0.3) is 17.1 Å². The van der Waals surface area contributed by atoms with Crippen molar-refractivity contribution in [1.29, 1.82) is 0 Å². The fourth-order valence-electron chi connectivity index (χ4n) is 3.99. The number of nitrogens with one attached hydrogen (secondary N) is 1. The Bertz CT molecular complexity index is 1180. The molecule has 0 saturated carbocycles. The maximum absolute atomic E-state index is 13.5. The topological polar surface area (TPSA) is 63.3 Å². The third-order valence-electron chi connectivity index (χ3n) is 5.56. The third kappa shape index (κ3) is 3.97. The van der Waals surface area contributed by atoms with Crippen LogP contribution in [0.5, 0.6) is 0 Å². The van der Waals surface area contributed by atoms with Crippen molar-refractivity contribution in [3.8, 4) is 17.1 Å². The average Bonchev–Trinajstić information content (AvgIpc) is 3.54. The number of hydrogen-bond donors (Lipinski definition) is 1. The summed E-state index contributed by atoms with van der Waals surface area (Å²) in [4.78, 5) is 15.4. The monoisotopic (exact) mass is 412 g/mol. The molecule has 6 heteroatoms. The van der Waals surface area contributed by atoms with Crippen LogP contribution in [0.2, 0.25) is 0 Å².